The molecule has 0 unspecified atom stereocenters. The number of hydrogen-bond acceptors (Lipinski definition) is 2. The van der Waals surface area contributed by atoms with Crippen molar-refractivity contribution in [3.05, 3.63) is 57.3 Å². The Labute approximate surface area is 148 Å². The molecule has 2 aromatic heterocycles. The first-order valence-electron chi connectivity index (χ1n) is 9.09. The summed E-state index contributed by atoms with van der Waals surface area (Å²) in [6, 6.07) is 7.54. The van der Waals surface area contributed by atoms with Crippen molar-refractivity contribution in [2.45, 2.75) is 58.5 Å². The largest absolute Gasteiger partial charge is 0.345 e. The van der Waals surface area contributed by atoms with Crippen LogP contribution in [0.1, 0.15) is 65.6 Å². The molecule has 1 amide bonds. The smallest absolute Gasteiger partial charge is 0.255 e. The Hall–Kier alpha value is -2.30. The molecule has 1 fully saturated rings. The zero-order valence-corrected chi connectivity index (χ0v) is 15.3. The van der Waals surface area contributed by atoms with Gasteiger partial charge in [-0.15, -0.1) is 0 Å². The van der Waals surface area contributed by atoms with Gasteiger partial charge < -0.3 is 14.5 Å². The van der Waals surface area contributed by atoms with Crippen molar-refractivity contribution in [3.63, 3.8) is 0 Å². The number of hydrogen-bond donors (Lipinski definition) is 1. The van der Waals surface area contributed by atoms with E-state index in [4.69, 9.17) is 0 Å². The van der Waals surface area contributed by atoms with Gasteiger partial charge in [-0.2, -0.15) is 0 Å². The molecule has 0 spiro atoms. The van der Waals surface area contributed by atoms with Crippen LogP contribution in [0.15, 0.2) is 29.1 Å². The lowest BCUT2D eigenvalue weighted by molar-refractivity contribution is 0.0782. The van der Waals surface area contributed by atoms with E-state index in [9.17, 15) is 9.59 Å². The molecule has 1 aliphatic carbocycles. The number of amides is 1. The van der Waals surface area contributed by atoms with Crippen LogP contribution in [0.2, 0.25) is 0 Å². The predicted octanol–water partition coefficient (Wildman–Crippen LogP) is 3.57. The molecule has 0 bridgehead atoms. The fourth-order valence-corrected chi connectivity index (χ4v) is 4.01. The Balaban J connectivity index is 1.81. The van der Waals surface area contributed by atoms with E-state index >= 15 is 0 Å². The van der Waals surface area contributed by atoms with E-state index in [0.717, 1.165) is 22.6 Å². The number of nitrogens with zero attached hydrogens (tertiary/aromatic N) is 2. The number of carbonyl (C=O) groups is 1. The number of aromatic amines is 1. The molecule has 134 valence electrons. The lowest BCUT2D eigenvalue weighted by Crippen LogP contribution is -2.28. The maximum absolute atomic E-state index is 12.9. The van der Waals surface area contributed by atoms with Crippen LogP contribution in [0.5, 0.6) is 0 Å². The van der Waals surface area contributed by atoms with Crippen LogP contribution < -0.4 is 5.56 Å². The van der Waals surface area contributed by atoms with Gasteiger partial charge >= 0.3 is 0 Å². The third-order valence-corrected chi connectivity index (χ3v) is 5.24. The molecule has 3 rings (SSSR count). The second-order valence-electron chi connectivity index (χ2n) is 7.15. The highest BCUT2D eigenvalue weighted by Crippen LogP contribution is 2.32. The fourth-order valence-electron chi connectivity index (χ4n) is 4.01. The van der Waals surface area contributed by atoms with Gasteiger partial charge in [-0.25, -0.2) is 0 Å². The quantitative estimate of drug-likeness (QED) is 0.924. The first-order chi connectivity index (χ1) is 12.0. The minimum Gasteiger partial charge on any atom is -0.345 e. The van der Waals surface area contributed by atoms with Crippen LogP contribution in [0.4, 0.5) is 0 Å². The molecule has 25 heavy (non-hydrogen) atoms. The molecule has 1 N–H and O–H groups in total. The number of nitrogens with one attached hydrogen (secondary N) is 1. The van der Waals surface area contributed by atoms with Crippen molar-refractivity contribution < 1.29 is 4.79 Å². The van der Waals surface area contributed by atoms with Crippen LogP contribution >= 0.6 is 0 Å². The molecule has 5 nitrogen and oxygen atoms in total. The molecule has 1 saturated carbocycles. The van der Waals surface area contributed by atoms with Gasteiger partial charge in [0.15, 0.2) is 0 Å². The summed E-state index contributed by atoms with van der Waals surface area (Å²) in [6.45, 7) is 4.53. The Morgan fingerprint density at radius 1 is 1.24 bits per heavy atom. The molecule has 5 heteroatoms. The molecular formula is C20H27N3O2. The fraction of sp³-hybridized carbons (Fsp3) is 0.500. The Kier molecular flexibility index (Phi) is 5.11. The Morgan fingerprint density at radius 3 is 2.64 bits per heavy atom. The normalized spacial score (nSPS) is 15.3. The number of rotatable bonds is 4. The summed E-state index contributed by atoms with van der Waals surface area (Å²) in [7, 11) is 1.78. The van der Waals surface area contributed by atoms with Gasteiger partial charge in [0.1, 0.15) is 0 Å². The van der Waals surface area contributed by atoms with Crippen LogP contribution in [0.3, 0.4) is 0 Å². The molecule has 2 heterocycles. The first-order valence-corrected chi connectivity index (χ1v) is 9.09. The molecule has 0 radical (unpaired) electrons. The number of H-pyrrole nitrogens is 1. The predicted molar refractivity (Wildman–Crippen MR) is 98.9 cm³/mol. The number of pyridine rings is 1. The van der Waals surface area contributed by atoms with Gasteiger partial charge in [-0.05, 0) is 38.8 Å². The van der Waals surface area contributed by atoms with Crippen LogP contribution in [0, 0.1) is 13.8 Å². The molecule has 0 aliphatic heterocycles. The van der Waals surface area contributed by atoms with E-state index in [1.165, 1.54) is 38.2 Å². The molecular weight excluding hydrogens is 314 g/mol. The zero-order valence-electron chi connectivity index (χ0n) is 15.3. The summed E-state index contributed by atoms with van der Waals surface area (Å²) in [4.78, 5) is 28.8. The van der Waals surface area contributed by atoms with Gasteiger partial charge in [0.05, 0.1) is 12.1 Å². The van der Waals surface area contributed by atoms with Gasteiger partial charge in [-0.1, -0.05) is 25.3 Å². The second-order valence-corrected chi connectivity index (χ2v) is 7.15. The van der Waals surface area contributed by atoms with Crippen molar-refractivity contribution >= 4 is 5.91 Å². The Bertz CT molecular complexity index is 813. The van der Waals surface area contributed by atoms with Crippen molar-refractivity contribution in [1.29, 1.82) is 0 Å². The summed E-state index contributed by atoms with van der Waals surface area (Å²) >= 11 is 0. The third-order valence-electron chi connectivity index (χ3n) is 5.24. The van der Waals surface area contributed by atoms with E-state index < -0.39 is 0 Å². The SMILES string of the molecule is Cc1cc(C(=O)N(C)Cc2cccc(=O)[nH]2)c(C)n1C1CCCCC1. The maximum Gasteiger partial charge on any atom is 0.255 e. The highest BCUT2D eigenvalue weighted by atomic mass is 16.2. The Morgan fingerprint density at radius 2 is 1.96 bits per heavy atom. The molecule has 0 aromatic carbocycles. The summed E-state index contributed by atoms with van der Waals surface area (Å²) in [5.74, 6) is -0.000128. The lowest BCUT2D eigenvalue weighted by Gasteiger charge is -2.26. The van der Waals surface area contributed by atoms with Crippen molar-refractivity contribution in [2.24, 2.45) is 0 Å². The highest BCUT2D eigenvalue weighted by molar-refractivity contribution is 5.95. The van der Waals surface area contributed by atoms with Gasteiger partial charge in [0, 0.05) is 36.2 Å². The van der Waals surface area contributed by atoms with Crippen LogP contribution in [-0.2, 0) is 6.54 Å². The van der Waals surface area contributed by atoms with Crippen molar-refractivity contribution in [1.82, 2.24) is 14.5 Å². The lowest BCUT2D eigenvalue weighted by atomic mass is 9.95. The number of carbonyl (C=O) groups excluding carboxylic acids is 1. The number of aryl methyl sites for hydroxylation is 1. The zero-order chi connectivity index (χ0) is 18.0. The van der Waals surface area contributed by atoms with Gasteiger partial charge in [-0.3, -0.25) is 9.59 Å². The summed E-state index contributed by atoms with van der Waals surface area (Å²) < 4.78 is 2.35. The summed E-state index contributed by atoms with van der Waals surface area (Å²) in [6.07, 6.45) is 6.26. The average molecular weight is 341 g/mol. The second kappa shape index (κ2) is 7.30. The first kappa shape index (κ1) is 17.5. The van der Waals surface area contributed by atoms with Crippen molar-refractivity contribution in [3.8, 4) is 0 Å². The molecule has 1 aliphatic rings. The standard InChI is InChI=1S/C20H27N3O2/c1-14-12-18(15(2)23(14)17-9-5-4-6-10-17)20(25)22(3)13-16-8-7-11-19(24)21-16/h7-8,11-12,17H,4-6,9-10,13H2,1-3H3,(H,21,24). The average Bonchev–Trinajstić information content (AvgIpc) is 2.89. The monoisotopic (exact) mass is 341 g/mol. The summed E-state index contributed by atoms with van der Waals surface area (Å²) in [5.41, 5.74) is 3.58. The van der Waals surface area contributed by atoms with E-state index in [1.54, 1.807) is 18.0 Å². The van der Waals surface area contributed by atoms with Crippen LogP contribution in [-0.4, -0.2) is 27.4 Å². The van der Waals surface area contributed by atoms with Crippen molar-refractivity contribution in [2.75, 3.05) is 7.05 Å². The number of aromatic nitrogens is 2. The topological polar surface area (TPSA) is 58.1 Å². The molecule has 2 aromatic rings. The maximum atomic E-state index is 12.9. The van der Waals surface area contributed by atoms with Gasteiger partial charge in [0.25, 0.3) is 5.91 Å². The van der Waals surface area contributed by atoms with E-state index in [-0.39, 0.29) is 11.5 Å². The molecule has 0 saturated heterocycles. The van der Waals surface area contributed by atoms with Crippen LogP contribution in [0.25, 0.3) is 0 Å². The third kappa shape index (κ3) is 3.70. The van der Waals surface area contributed by atoms with E-state index in [2.05, 4.69) is 16.5 Å². The highest BCUT2D eigenvalue weighted by Gasteiger charge is 2.24. The van der Waals surface area contributed by atoms with Gasteiger partial charge in [0.2, 0.25) is 5.56 Å². The van der Waals surface area contributed by atoms with E-state index in [1.807, 2.05) is 19.1 Å². The summed E-state index contributed by atoms with van der Waals surface area (Å²) in [5, 5.41) is 0. The minimum atomic E-state index is -0.145. The molecule has 0 atom stereocenters. The minimum absolute atomic E-state index is 0.000128. The van der Waals surface area contributed by atoms with E-state index in [0.29, 0.717) is 12.6 Å².